The Kier molecular flexibility index (Phi) is 4.15. The smallest absolute Gasteiger partial charge is 0.263 e. The Hall–Kier alpha value is -2.28. The summed E-state index contributed by atoms with van der Waals surface area (Å²) < 4.78 is 0. The van der Waals surface area contributed by atoms with Crippen LogP contribution in [-0.4, -0.2) is 34.4 Å². The van der Waals surface area contributed by atoms with Crippen molar-refractivity contribution in [3.05, 3.63) is 35.0 Å². The third kappa shape index (κ3) is 3.48. The minimum atomic E-state index is -0.275. The highest BCUT2D eigenvalue weighted by molar-refractivity contribution is 7.17. The van der Waals surface area contributed by atoms with Gasteiger partial charge in [0.05, 0.1) is 17.9 Å². The molecule has 0 aliphatic heterocycles. The summed E-state index contributed by atoms with van der Waals surface area (Å²) in [6, 6.07) is 5.85. The van der Waals surface area contributed by atoms with E-state index in [1.54, 1.807) is 13.1 Å². The van der Waals surface area contributed by atoms with Gasteiger partial charge in [0, 0.05) is 12.2 Å². The number of aromatic nitrogens is 2. The number of nitrogens with zero attached hydrogens (tertiary/aromatic N) is 2. The van der Waals surface area contributed by atoms with Gasteiger partial charge in [0.2, 0.25) is 5.91 Å². The van der Waals surface area contributed by atoms with Crippen molar-refractivity contribution < 1.29 is 9.59 Å². The van der Waals surface area contributed by atoms with Crippen molar-refractivity contribution in [1.82, 2.24) is 20.6 Å². The molecule has 0 saturated heterocycles. The first kappa shape index (κ1) is 14.6. The van der Waals surface area contributed by atoms with Crippen LogP contribution in [0.1, 0.15) is 28.2 Å². The van der Waals surface area contributed by atoms with Crippen LogP contribution in [0.2, 0.25) is 0 Å². The van der Waals surface area contributed by atoms with Crippen LogP contribution in [0.25, 0.3) is 10.7 Å². The second-order valence-corrected chi connectivity index (χ2v) is 6.17. The van der Waals surface area contributed by atoms with Crippen molar-refractivity contribution in [2.75, 3.05) is 6.54 Å². The van der Waals surface area contributed by atoms with Crippen molar-refractivity contribution >= 4 is 23.2 Å². The molecule has 22 heavy (non-hydrogen) atoms. The van der Waals surface area contributed by atoms with E-state index in [1.165, 1.54) is 11.3 Å². The Morgan fingerprint density at radius 3 is 2.86 bits per heavy atom. The molecule has 114 valence electrons. The van der Waals surface area contributed by atoms with Gasteiger partial charge in [-0.15, -0.1) is 11.3 Å². The van der Waals surface area contributed by atoms with E-state index in [9.17, 15) is 9.59 Å². The predicted molar refractivity (Wildman–Crippen MR) is 83.6 cm³/mol. The number of carbonyl (C=O) groups excluding carboxylic acids is 2. The average molecular weight is 316 g/mol. The van der Waals surface area contributed by atoms with Gasteiger partial charge >= 0.3 is 0 Å². The molecule has 2 N–H and O–H groups in total. The van der Waals surface area contributed by atoms with Crippen LogP contribution in [0.3, 0.4) is 0 Å². The third-order valence-corrected chi connectivity index (χ3v) is 4.42. The Bertz CT molecular complexity index is 695. The van der Waals surface area contributed by atoms with Crippen molar-refractivity contribution in [1.29, 1.82) is 0 Å². The summed E-state index contributed by atoms with van der Waals surface area (Å²) in [5.41, 5.74) is 1.38. The molecule has 0 aromatic carbocycles. The van der Waals surface area contributed by atoms with Gasteiger partial charge in [-0.1, -0.05) is 6.07 Å². The van der Waals surface area contributed by atoms with Gasteiger partial charge in [0.15, 0.2) is 0 Å². The van der Waals surface area contributed by atoms with Crippen molar-refractivity contribution in [3.8, 4) is 10.7 Å². The highest BCUT2D eigenvalue weighted by atomic mass is 32.1. The number of rotatable bonds is 5. The van der Waals surface area contributed by atoms with Gasteiger partial charge < -0.3 is 10.6 Å². The molecule has 1 fully saturated rings. The first-order chi connectivity index (χ1) is 10.6. The van der Waals surface area contributed by atoms with Crippen LogP contribution in [-0.2, 0) is 4.79 Å². The zero-order valence-corrected chi connectivity index (χ0v) is 12.9. The van der Waals surface area contributed by atoms with Crippen LogP contribution in [0.4, 0.5) is 0 Å². The molecule has 1 aliphatic rings. The first-order valence-electron chi connectivity index (χ1n) is 7.10. The lowest BCUT2D eigenvalue weighted by molar-refractivity contribution is -0.120. The topological polar surface area (TPSA) is 84.0 Å². The standard InChI is InChI=1S/C15H16N4O2S/c1-9-13(14(21)17-8-12(20)19-10-5-6-10)22-15(18-9)11-4-2-3-7-16-11/h2-4,7,10H,5-6,8H2,1H3,(H,17,21)(H,19,20). The van der Waals surface area contributed by atoms with Gasteiger partial charge in [-0.2, -0.15) is 0 Å². The van der Waals surface area contributed by atoms with E-state index in [2.05, 4.69) is 20.6 Å². The number of nitrogens with one attached hydrogen (secondary N) is 2. The fraction of sp³-hybridized carbons (Fsp3) is 0.333. The normalized spacial score (nSPS) is 13.7. The molecule has 0 unspecified atom stereocenters. The highest BCUT2D eigenvalue weighted by Gasteiger charge is 2.23. The van der Waals surface area contributed by atoms with Crippen molar-refractivity contribution in [2.45, 2.75) is 25.8 Å². The monoisotopic (exact) mass is 316 g/mol. The summed E-state index contributed by atoms with van der Waals surface area (Å²) in [6.45, 7) is 1.77. The molecule has 2 amide bonds. The van der Waals surface area contributed by atoms with E-state index < -0.39 is 0 Å². The van der Waals surface area contributed by atoms with Gasteiger partial charge in [-0.25, -0.2) is 4.98 Å². The molecule has 0 radical (unpaired) electrons. The van der Waals surface area contributed by atoms with Crippen LogP contribution in [0.5, 0.6) is 0 Å². The summed E-state index contributed by atoms with van der Waals surface area (Å²) in [7, 11) is 0. The number of hydrogen-bond donors (Lipinski definition) is 2. The number of amides is 2. The predicted octanol–water partition coefficient (Wildman–Crippen LogP) is 1.52. The van der Waals surface area contributed by atoms with E-state index in [1.807, 2.05) is 18.2 Å². The number of carbonyl (C=O) groups is 2. The summed E-state index contributed by atoms with van der Waals surface area (Å²) in [6.07, 6.45) is 3.75. The maximum Gasteiger partial charge on any atom is 0.263 e. The van der Waals surface area contributed by atoms with E-state index >= 15 is 0 Å². The number of thiazole rings is 1. The number of aryl methyl sites for hydroxylation is 1. The summed E-state index contributed by atoms with van der Waals surface area (Å²) >= 11 is 1.28. The van der Waals surface area contributed by atoms with Crippen LogP contribution >= 0.6 is 11.3 Å². The lowest BCUT2D eigenvalue weighted by Crippen LogP contribution is -2.37. The third-order valence-electron chi connectivity index (χ3n) is 3.24. The quantitative estimate of drug-likeness (QED) is 0.876. The molecule has 0 atom stereocenters. The average Bonchev–Trinajstić information content (AvgIpc) is 3.25. The Balaban J connectivity index is 1.65. The maximum atomic E-state index is 12.2. The Labute approximate surface area is 132 Å². The van der Waals surface area contributed by atoms with Crippen molar-refractivity contribution in [2.24, 2.45) is 0 Å². The van der Waals surface area contributed by atoms with E-state index in [-0.39, 0.29) is 18.4 Å². The zero-order chi connectivity index (χ0) is 15.5. The molecular formula is C15H16N4O2S. The molecule has 3 rings (SSSR count). The fourth-order valence-electron chi connectivity index (χ4n) is 1.95. The van der Waals surface area contributed by atoms with Gasteiger partial charge in [-0.05, 0) is 31.9 Å². The molecule has 2 aromatic heterocycles. The minimum absolute atomic E-state index is 0.00834. The second kappa shape index (κ2) is 6.23. The molecule has 7 heteroatoms. The lowest BCUT2D eigenvalue weighted by Gasteiger charge is -2.04. The van der Waals surface area contributed by atoms with Crippen LogP contribution in [0.15, 0.2) is 24.4 Å². The van der Waals surface area contributed by atoms with Gasteiger partial charge in [-0.3, -0.25) is 14.6 Å². The lowest BCUT2D eigenvalue weighted by atomic mass is 10.3. The molecule has 2 heterocycles. The van der Waals surface area contributed by atoms with Crippen LogP contribution in [0, 0.1) is 6.92 Å². The zero-order valence-electron chi connectivity index (χ0n) is 12.1. The molecule has 6 nitrogen and oxygen atoms in total. The molecule has 1 saturated carbocycles. The van der Waals surface area contributed by atoms with Gasteiger partial charge in [0.25, 0.3) is 5.91 Å². The largest absolute Gasteiger partial charge is 0.352 e. The maximum absolute atomic E-state index is 12.2. The Morgan fingerprint density at radius 2 is 2.18 bits per heavy atom. The molecular weight excluding hydrogens is 300 g/mol. The van der Waals surface area contributed by atoms with E-state index in [4.69, 9.17) is 0 Å². The SMILES string of the molecule is Cc1nc(-c2ccccn2)sc1C(=O)NCC(=O)NC1CC1. The number of pyridine rings is 1. The van der Waals surface area contributed by atoms with E-state index in [0.717, 1.165) is 18.5 Å². The number of hydrogen-bond acceptors (Lipinski definition) is 5. The van der Waals surface area contributed by atoms with E-state index in [0.29, 0.717) is 21.6 Å². The Morgan fingerprint density at radius 1 is 1.36 bits per heavy atom. The summed E-state index contributed by atoms with van der Waals surface area (Å²) in [5.74, 6) is -0.425. The molecule has 0 bridgehead atoms. The minimum Gasteiger partial charge on any atom is -0.352 e. The molecule has 2 aromatic rings. The summed E-state index contributed by atoms with van der Waals surface area (Å²) in [4.78, 5) is 32.9. The second-order valence-electron chi connectivity index (χ2n) is 5.17. The first-order valence-corrected chi connectivity index (χ1v) is 7.91. The van der Waals surface area contributed by atoms with Crippen molar-refractivity contribution in [3.63, 3.8) is 0 Å². The molecule has 1 aliphatic carbocycles. The fourth-order valence-corrected chi connectivity index (χ4v) is 2.91. The highest BCUT2D eigenvalue weighted by Crippen LogP contribution is 2.26. The molecule has 0 spiro atoms. The van der Waals surface area contributed by atoms with Crippen LogP contribution < -0.4 is 10.6 Å². The summed E-state index contributed by atoms with van der Waals surface area (Å²) in [5, 5.41) is 6.17. The van der Waals surface area contributed by atoms with Gasteiger partial charge in [0.1, 0.15) is 9.88 Å².